The number of nitrogens with zero attached hydrogens (tertiary/aromatic N) is 1. The van der Waals surface area contributed by atoms with E-state index in [4.69, 9.17) is 4.74 Å². The van der Waals surface area contributed by atoms with Gasteiger partial charge in [0.15, 0.2) is 0 Å². The lowest BCUT2D eigenvalue weighted by atomic mass is 10.2. The molecule has 23 heavy (non-hydrogen) atoms. The number of anilines is 2. The maximum absolute atomic E-state index is 11.9. The number of hydrogen-bond donors (Lipinski definition) is 2. The zero-order valence-corrected chi connectivity index (χ0v) is 13.4. The van der Waals surface area contributed by atoms with Gasteiger partial charge in [-0.1, -0.05) is 17.7 Å². The van der Waals surface area contributed by atoms with Crippen LogP contribution in [0.25, 0.3) is 0 Å². The smallest absolute Gasteiger partial charge is 0.414 e. The fourth-order valence-corrected chi connectivity index (χ4v) is 2.89. The zero-order valence-electron chi connectivity index (χ0n) is 12.6. The topological polar surface area (TPSA) is 70.7 Å². The molecular weight excluding hydrogens is 314 g/mol. The lowest BCUT2D eigenvalue weighted by Crippen LogP contribution is -2.37. The van der Waals surface area contributed by atoms with Crippen molar-refractivity contribution in [2.75, 3.05) is 23.3 Å². The van der Waals surface area contributed by atoms with Crippen molar-refractivity contribution in [2.45, 2.75) is 13.0 Å². The van der Waals surface area contributed by atoms with Gasteiger partial charge in [0.2, 0.25) is 0 Å². The third kappa shape index (κ3) is 3.81. The maximum atomic E-state index is 11.9. The molecule has 2 aromatic rings. The van der Waals surface area contributed by atoms with E-state index in [2.05, 4.69) is 10.6 Å². The molecule has 0 spiro atoms. The van der Waals surface area contributed by atoms with Gasteiger partial charge in [-0.05, 0) is 36.6 Å². The number of nitrogens with one attached hydrogen (secondary N) is 2. The Morgan fingerprint density at radius 2 is 2.13 bits per heavy atom. The number of benzene rings is 1. The lowest BCUT2D eigenvalue weighted by molar-refractivity contribution is 0.141. The van der Waals surface area contributed by atoms with E-state index in [1.807, 2.05) is 48.7 Å². The Morgan fingerprint density at radius 1 is 1.35 bits per heavy atom. The van der Waals surface area contributed by atoms with Crippen LogP contribution in [0.15, 0.2) is 41.8 Å². The molecule has 0 saturated carbocycles. The van der Waals surface area contributed by atoms with Crippen LogP contribution >= 0.6 is 11.3 Å². The Morgan fingerprint density at radius 3 is 2.83 bits per heavy atom. The van der Waals surface area contributed by atoms with E-state index in [-0.39, 0.29) is 24.8 Å². The molecule has 3 amide bonds. The molecule has 7 heteroatoms. The van der Waals surface area contributed by atoms with Gasteiger partial charge in [0, 0.05) is 5.69 Å². The summed E-state index contributed by atoms with van der Waals surface area (Å²) in [5.74, 6) is 0. The molecule has 1 aromatic carbocycles. The number of carbonyl (C=O) groups is 2. The highest BCUT2D eigenvalue weighted by atomic mass is 32.1. The summed E-state index contributed by atoms with van der Waals surface area (Å²) in [5, 5.41) is 8.09. The summed E-state index contributed by atoms with van der Waals surface area (Å²) in [6.45, 7) is 2.68. The Bertz CT molecular complexity index is 685. The molecule has 1 atom stereocenters. The third-order valence-electron chi connectivity index (χ3n) is 3.47. The highest BCUT2D eigenvalue weighted by Gasteiger charge is 2.32. The van der Waals surface area contributed by atoms with Crippen LogP contribution in [0.2, 0.25) is 0 Å². The summed E-state index contributed by atoms with van der Waals surface area (Å²) in [6, 6.07) is 11.0. The number of urea groups is 1. The summed E-state index contributed by atoms with van der Waals surface area (Å²) in [5.41, 5.74) is 1.93. The van der Waals surface area contributed by atoms with Crippen LogP contribution in [0.4, 0.5) is 20.3 Å². The minimum Gasteiger partial charge on any atom is -0.442 e. The van der Waals surface area contributed by atoms with E-state index in [0.717, 1.165) is 16.3 Å². The van der Waals surface area contributed by atoms with Crippen molar-refractivity contribution in [3.05, 3.63) is 47.3 Å². The van der Waals surface area contributed by atoms with Gasteiger partial charge >= 0.3 is 12.1 Å². The molecule has 0 bridgehead atoms. The van der Waals surface area contributed by atoms with Gasteiger partial charge < -0.3 is 10.1 Å². The number of carbonyl (C=O) groups excluding carboxylic acids is 2. The lowest BCUT2D eigenvalue weighted by Gasteiger charge is -2.13. The van der Waals surface area contributed by atoms with Gasteiger partial charge in [-0.15, -0.1) is 11.3 Å². The Kier molecular flexibility index (Phi) is 4.47. The summed E-state index contributed by atoms with van der Waals surface area (Å²) in [6.07, 6.45) is -0.753. The van der Waals surface area contributed by atoms with Crippen LogP contribution < -0.4 is 15.5 Å². The summed E-state index contributed by atoms with van der Waals surface area (Å²) < 4.78 is 5.29. The quantitative estimate of drug-likeness (QED) is 0.904. The van der Waals surface area contributed by atoms with Crippen molar-refractivity contribution in [1.29, 1.82) is 0 Å². The van der Waals surface area contributed by atoms with Crippen molar-refractivity contribution in [3.8, 4) is 0 Å². The van der Waals surface area contributed by atoms with Crippen LogP contribution in [-0.2, 0) is 4.74 Å². The second-order valence-corrected chi connectivity index (χ2v) is 6.21. The van der Waals surface area contributed by atoms with Gasteiger partial charge in [0.05, 0.1) is 18.1 Å². The Balaban J connectivity index is 1.51. The van der Waals surface area contributed by atoms with Gasteiger partial charge in [0.1, 0.15) is 6.10 Å². The largest absolute Gasteiger partial charge is 0.442 e. The van der Waals surface area contributed by atoms with Crippen LogP contribution in [0.3, 0.4) is 0 Å². The highest BCUT2D eigenvalue weighted by Crippen LogP contribution is 2.21. The number of hydrogen-bond acceptors (Lipinski definition) is 4. The molecule has 0 aliphatic carbocycles. The molecule has 120 valence electrons. The summed E-state index contributed by atoms with van der Waals surface area (Å²) in [7, 11) is 0. The first kappa shape index (κ1) is 15.4. The van der Waals surface area contributed by atoms with E-state index in [1.54, 1.807) is 4.90 Å². The van der Waals surface area contributed by atoms with Crippen molar-refractivity contribution in [1.82, 2.24) is 5.32 Å². The number of rotatable bonds is 4. The first-order valence-electron chi connectivity index (χ1n) is 7.25. The van der Waals surface area contributed by atoms with E-state index in [1.165, 1.54) is 11.3 Å². The second kappa shape index (κ2) is 6.70. The number of cyclic esters (lactones) is 1. The predicted octanol–water partition coefficient (Wildman–Crippen LogP) is 3.20. The third-order valence-corrected chi connectivity index (χ3v) is 4.25. The normalized spacial score (nSPS) is 17.0. The van der Waals surface area contributed by atoms with E-state index >= 15 is 0 Å². The monoisotopic (exact) mass is 331 g/mol. The molecular formula is C16H17N3O3S. The summed E-state index contributed by atoms with van der Waals surface area (Å²) in [4.78, 5) is 25.3. The Labute approximate surface area is 138 Å². The van der Waals surface area contributed by atoms with E-state index in [0.29, 0.717) is 6.54 Å². The number of ether oxygens (including phenoxy) is 1. The average molecular weight is 331 g/mol. The number of thiophene rings is 1. The SMILES string of the molecule is Cc1ccc(N2C[C@@H](CNC(=O)Nc3cccs3)OC2=O)cc1. The van der Waals surface area contributed by atoms with Crippen molar-refractivity contribution < 1.29 is 14.3 Å². The fraction of sp³-hybridized carbons (Fsp3) is 0.250. The number of amides is 3. The highest BCUT2D eigenvalue weighted by molar-refractivity contribution is 7.14. The number of aryl methyl sites for hydroxylation is 1. The zero-order chi connectivity index (χ0) is 16.2. The van der Waals surface area contributed by atoms with Crippen LogP contribution in [0, 0.1) is 6.92 Å². The molecule has 1 aliphatic heterocycles. The van der Waals surface area contributed by atoms with Crippen LogP contribution in [0.5, 0.6) is 0 Å². The first-order chi connectivity index (χ1) is 11.1. The predicted molar refractivity (Wildman–Crippen MR) is 90.1 cm³/mol. The van der Waals surface area contributed by atoms with E-state index in [9.17, 15) is 9.59 Å². The molecule has 1 fully saturated rings. The average Bonchev–Trinajstić information content (AvgIpc) is 3.16. The second-order valence-electron chi connectivity index (χ2n) is 5.26. The van der Waals surface area contributed by atoms with Gasteiger partial charge in [-0.3, -0.25) is 10.2 Å². The molecule has 2 heterocycles. The Hall–Kier alpha value is -2.54. The van der Waals surface area contributed by atoms with Gasteiger partial charge in [-0.25, -0.2) is 9.59 Å². The van der Waals surface area contributed by atoms with Crippen molar-refractivity contribution in [3.63, 3.8) is 0 Å². The van der Waals surface area contributed by atoms with Crippen LogP contribution in [-0.4, -0.2) is 31.3 Å². The molecule has 3 rings (SSSR count). The standard InChI is InChI=1S/C16H17N3O3S/c1-11-4-6-12(7-5-11)19-10-13(22-16(19)21)9-17-15(20)18-14-3-2-8-23-14/h2-8,13H,9-10H2,1H3,(H2,17,18,20)/t13-/m1/s1. The molecule has 6 nitrogen and oxygen atoms in total. The molecule has 1 aliphatic rings. The summed E-state index contributed by atoms with van der Waals surface area (Å²) >= 11 is 1.44. The molecule has 0 radical (unpaired) electrons. The van der Waals surface area contributed by atoms with E-state index < -0.39 is 0 Å². The molecule has 1 saturated heterocycles. The maximum Gasteiger partial charge on any atom is 0.414 e. The molecule has 0 unspecified atom stereocenters. The van der Waals surface area contributed by atoms with Crippen molar-refractivity contribution >= 4 is 34.1 Å². The molecule has 1 aromatic heterocycles. The van der Waals surface area contributed by atoms with Gasteiger partial charge in [-0.2, -0.15) is 0 Å². The van der Waals surface area contributed by atoms with Crippen molar-refractivity contribution in [2.24, 2.45) is 0 Å². The minimum absolute atomic E-state index is 0.269. The molecule has 2 N–H and O–H groups in total. The fourth-order valence-electron chi connectivity index (χ4n) is 2.28. The first-order valence-corrected chi connectivity index (χ1v) is 8.13. The van der Waals surface area contributed by atoms with Gasteiger partial charge in [0.25, 0.3) is 0 Å². The van der Waals surface area contributed by atoms with Crippen LogP contribution in [0.1, 0.15) is 5.56 Å². The minimum atomic E-state index is -0.390.